The Hall–Kier alpha value is -2.03. The van der Waals surface area contributed by atoms with Crippen molar-refractivity contribution in [1.29, 1.82) is 0 Å². The Balaban J connectivity index is 1.54. The van der Waals surface area contributed by atoms with E-state index in [0.29, 0.717) is 5.91 Å². The number of aromatic nitrogens is 1. The van der Waals surface area contributed by atoms with Crippen molar-refractivity contribution in [1.82, 2.24) is 9.88 Å². The molecule has 1 aliphatic heterocycles. The van der Waals surface area contributed by atoms with E-state index in [4.69, 9.17) is 0 Å². The van der Waals surface area contributed by atoms with E-state index >= 15 is 0 Å². The number of amides is 1. The van der Waals surface area contributed by atoms with E-state index in [1.165, 1.54) is 47.0 Å². The minimum atomic E-state index is 0.281. The quantitative estimate of drug-likeness (QED) is 0.857. The predicted octanol–water partition coefficient (Wildman–Crippen LogP) is 4.67. The fourth-order valence-electron chi connectivity index (χ4n) is 4.39. The average molecular weight is 322 g/mol. The molecule has 3 nitrogen and oxygen atoms in total. The van der Waals surface area contributed by atoms with Gasteiger partial charge < -0.3 is 9.88 Å². The number of aromatic amines is 1. The second kappa shape index (κ2) is 6.46. The number of carbonyl (C=O) groups is 1. The molecule has 24 heavy (non-hydrogen) atoms. The lowest BCUT2D eigenvalue weighted by molar-refractivity contribution is -0.136. The van der Waals surface area contributed by atoms with Crippen molar-refractivity contribution < 1.29 is 4.79 Å². The van der Waals surface area contributed by atoms with Gasteiger partial charge in [0.15, 0.2) is 0 Å². The van der Waals surface area contributed by atoms with Gasteiger partial charge in [-0.25, -0.2) is 0 Å². The second-order valence-corrected chi connectivity index (χ2v) is 7.27. The van der Waals surface area contributed by atoms with Gasteiger partial charge in [-0.1, -0.05) is 43.5 Å². The van der Waals surface area contributed by atoms with E-state index in [9.17, 15) is 4.79 Å². The molecule has 1 aliphatic carbocycles. The first-order valence-corrected chi connectivity index (χ1v) is 9.29. The second-order valence-electron chi connectivity index (χ2n) is 7.27. The number of H-pyrrole nitrogens is 1. The Morgan fingerprint density at radius 2 is 1.96 bits per heavy atom. The molecule has 1 fully saturated rings. The lowest BCUT2D eigenvalue weighted by atomic mass is 9.87. The maximum absolute atomic E-state index is 12.7. The van der Waals surface area contributed by atoms with Gasteiger partial charge in [-0.15, -0.1) is 0 Å². The number of hydrogen-bond acceptors (Lipinski definition) is 1. The molecule has 2 aromatic rings. The summed E-state index contributed by atoms with van der Waals surface area (Å²) in [6.45, 7) is 3.78. The first-order valence-electron chi connectivity index (χ1n) is 9.29. The summed E-state index contributed by atoms with van der Waals surface area (Å²) in [5.74, 6) is 0.671. The molecule has 1 aromatic heterocycles. The highest BCUT2D eigenvalue weighted by atomic mass is 16.2. The van der Waals surface area contributed by atoms with Crippen LogP contribution in [0.4, 0.5) is 0 Å². The highest BCUT2D eigenvalue weighted by molar-refractivity contribution is 5.94. The monoisotopic (exact) mass is 322 g/mol. The Morgan fingerprint density at radius 3 is 2.71 bits per heavy atom. The van der Waals surface area contributed by atoms with Crippen LogP contribution >= 0.6 is 0 Å². The molecule has 0 unspecified atom stereocenters. The molecule has 0 saturated heterocycles. The molecule has 0 atom stereocenters. The van der Waals surface area contributed by atoms with E-state index in [1.54, 1.807) is 0 Å². The van der Waals surface area contributed by atoms with Crippen LogP contribution in [-0.4, -0.2) is 28.9 Å². The van der Waals surface area contributed by atoms with E-state index in [0.717, 1.165) is 32.4 Å². The summed E-state index contributed by atoms with van der Waals surface area (Å²) >= 11 is 0. The van der Waals surface area contributed by atoms with Gasteiger partial charge in [0.1, 0.15) is 0 Å². The highest BCUT2D eigenvalue weighted by Gasteiger charge is 2.27. The molecule has 0 radical (unpaired) electrons. The predicted molar refractivity (Wildman–Crippen MR) is 98.8 cm³/mol. The molecule has 1 saturated carbocycles. The lowest BCUT2D eigenvalue weighted by Gasteiger charge is -2.31. The van der Waals surface area contributed by atoms with Gasteiger partial charge >= 0.3 is 0 Å². The summed E-state index contributed by atoms with van der Waals surface area (Å²) < 4.78 is 0. The SMILES string of the molecule is Cc1[nH]c2ccccc2c1C1=CCN(C(=O)C2CCCCC2)CC1. The fourth-order valence-corrected chi connectivity index (χ4v) is 4.39. The van der Waals surface area contributed by atoms with E-state index < -0.39 is 0 Å². The van der Waals surface area contributed by atoms with Crippen molar-refractivity contribution in [2.24, 2.45) is 5.92 Å². The topological polar surface area (TPSA) is 36.1 Å². The van der Waals surface area contributed by atoms with Crippen LogP contribution in [0, 0.1) is 12.8 Å². The number of nitrogens with zero attached hydrogens (tertiary/aromatic N) is 1. The molecule has 3 heteroatoms. The molecular weight excluding hydrogens is 296 g/mol. The summed E-state index contributed by atoms with van der Waals surface area (Å²) in [6, 6.07) is 8.49. The standard InChI is InChI=1S/C21H26N2O/c1-15-20(18-9-5-6-10-19(18)22-15)16-11-13-23(14-12-16)21(24)17-7-3-2-4-8-17/h5-6,9-11,17,22H,2-4,7-8,12-14H2,1H3. The van der Waals surface area contributed by atoms with E-state index in [1.807, 2.05) is 0 Å². The first-order chi connectivity index (χ1) is 11.7. The van der Waals surface area contributed by atoms with E-state index in [2.05, 4.69) is 47.1 Å². The van der Waals surface area contributed by atoms with Gasteiger partial charge in [-0.3, -0.25) is 4.79 Å². The maximum atomic E-state index is 12.7. The Labute approximate surface area is 143 Å². The Kier molecular flexibility index (Phi) is 4.17. The number of rotatable bonds is 2. The van der Waals surface area contributed by atoms with Crippen LogP contribution in [0.15, 0.2) is 30.3 Å². The number of hydrogen-bond donors (Lipinski definition) is 1. The molecule has 0 spiro atoms. The van der Waals surface area contributed by atoms with Crippen LogP contribution in [0.3, 0.4) is 0 Å². The molecule has 2 aliphatic rings. The summed E-state index contributed by atoms with van der Waals surface area (Å²) in [4.78, 5) is 18.3. The summed E-state index contributed by atoms with van der Waals surface area (Å²) in [5.41, 5.74) is 5.16. The number of benzene rings is 1. The number of para-hydroxylation sites is 1. The van der Waals surface area contributed by atoms with Crippen molar-refractivity contribution in [2.75, 3.05) is 13.1 Å². The van der Waals surface area contributed by atoms with Gasteiger partial charge in [0.05, 0.1) is 0 Å². The minimum Gasteiger partial charge on any atom is -0.358 e. The zero-order chi connectivity index (χ0) is 16.5. The van der Waals surface area contributed by atoms with Gasteiger partial charge in [0.25, 0.3) is 0 Å². The van der Waals surface area contributed by atoms with Gasteiger partial charge in [0.2, 0.25) is 5.91 Å². The smallest absolute Gasteiger partial charge is 0.225 e. The number of carbonyl (C=O) groups excluding carboxylic acids is 1. The Bertz CT molecular complexity index is 780. The number of nitrogens with one attached hydrogen (secondary N) is 1. The number of fused-ring (bicyclic) bond motifs is 1. The van der Waals surface area contributed by atoms with Gasteiger partial charge in [-0.05, 0) is 37.8 Å². The molecule has 4 rings (SSSR count). The lowest BCUT2D eigenvalue weighted by Crippen LogP contribution is -2.39. The van der Waals surface area contributed by atoms with Crippen LogP contribution in [0.2, 0.25) is 0 Å². The van der Waals surface area contributed by atoms with Crippen LogP contribution < -0.4 is 0 Å². The van der Waals surface area contributed by atoms with Crippen LogP contribution in [0.1, 0.15) is 49.8 Å². The normalized spacial score (nSPS) is 19.5. The first kappa shape index (κ1) is 15.5. The van der Waals surface area contributed by atoms with Gasteiger partial charge in [-0.2, -0.15) is 0 Å². The molecular formula is C21H26N2O. The maximum Gasteiger partial charge on any atom is 0.225 e. The largest absolute Gasteiger partial charge is 0.358 e. The minimum absolute atomic E-state index is 0.281. The zero-order valence-electron chi connectivity index (χ0n) is 14.5. The molecule has 2 heterocycles. The van der Waals surface area contributed by atoms with E-state index in [-0.39, 0.29) is 5.92 Å². The van der Waals surface area contributed by atoms with Crippen molar-refractivity contribution in [3.63, 3.8) is 0 Å². The average Bonchev–Trinajstić information content (AvgIpc) is 2.98. The third-order valence-corrected chi connectivity index (χ3v) is 5.69. The Morgan fingerprint density at radius 1 is 1.17 bits per heavy atom. The van der Waals surface area contributed by atoms with Crippen LogP contribution in [-0.2, 0) is 4.79 Å². The molecule has 1 amide bonds. The van der Waals surface area contributed by atoms with Gasteiger partial charge in [0, 0.05) is 41.2 Å². The molecule has 1 aromatic carbocycles. The highest BCUT2D eigenvalue weighted by Crippen LogP contribution is 2.33. The summed E-state index contributed by atoms with van der Waals surface area (Å²) in [5, 5.41) is 1.30. The van der Waals surface area contributed by atoms with Crippen molar-refractivity contribution >= 4 is 22.4 Å². The van der Waals surface area contributed by atoms with Crippen LogP contribution in [0.25, 0.3) is 16.5 Å². The third kappa shape index (κ3) is 2.77. The zero-order valence-corrected chi connectivity index (χ0v) is 14.5. The third-order valence-electron chi connectivity index (χ3n) is 5.69. The summed E-state index contributed by atoms with van der Waals surface area (Å²) in [6.07, 6.45) is 9.16. The van der Waals surface area contributed by atoms with Crippen molar-refractivity contribution in [3.05, 3.63) is 41.6 Å². The van der Waals surface area contributed by atoms with Crippen LogP contribution in [0.5, 0.6) is 0 Å². The molecule has 126 valence electrons. The molecule has 0 bridgehead atoms. The fraction of sp³-hybridized carbons (Fsp3) is 0.476. The molecule has 1 N–H and O–H groups in total. The summed E-state index contributed by atoms with van der Waals surface area (Å²) in [7, 11) is 0. The van der Waals surface area contributed by atoms with Crippen molar-refractivity contribution in [2.45, 2.75) is 45.4 Å². The number of aryl methyl sites for hydroxylation is 1. The van der Waals surface area contributed by atoms with Crippen molar-refractivity contribution in [3.8, 4) is 0 Å².